The van der Waals surface area contributed by atoms with Crippen molar-refractivity contribution in [1.82, 2.24) is 0 Å². The van der Waals surface area contributed by atoms with E-state index in [1.165, 1.54) is 11.1 Å². The van der Waals surface area contributed by atoms with Gasteiger partial charge in [-0.2, -0.15) is 0 Å². The molecule has 0 spiro atoms. The lowest BCUT2D eigenvalue weighted by atomic mass is 9.82. The quantitative estimate of drug-likeness (QED) is 0.779. The number of benzene rings is 1. The maximum absolute atomic E-state index is 5.99. The summed E-state index contributed by atoms with van der Waals surface area (Å²) in [6.45, 7) is 2.71. The molecule has 0 aromatic heterocycles. The van der Waals surface area contributed by atoms with Crippen molar-refractivity contribution < 1.29 is 9.47 Å². The van der Waals surface area contributed by atoms with Crippen LogP contribution in [-0.2, 0) is 21.5 Å². The Morgan fingerprint density at radius 3 is 3.06 bits per heavy atom. The van der Waals surface area contributed by atoms with E-state index < -0.39 is 0 Å². The lowest BCUT2D eigenvalue weighted by molar-refractivity contribution is -0.286. The van der Waals surface area contributed by atoms with Crippen LogP contribution in [0.15, 0.2) is 24.3 Å². The Balaban J connectivity index is 2.03. The monoisotopic (exact) mass is 219 g/mol. The van der Waals surface area contributed by atoms with Crippen molar-refractivity contribution in [3.63, 3.8) is 0 Å². The maximum atomic E-state index is 5.99. The molecule has 3 heteroatoms. The zero-order valence-corrected chi connectivity index (χ0v) is 9.48. The first-order valence-corrected chi connectivity index (χ1v) is 5.83. The summed E-state index contributed by atoms with van der Waals surface area (Å²) in [4.78, 5) is 0. The van der Waals surface area contributed by atoms with Crippen molar-refractivity contribution in [3.8, 4) is 0 Å². The largest absolute Gasteiger partial charge is 0.348 e. The normalized spacial score (nSPS) is 36.9. The number of rotatable bonds is 1. The molecule has 2 aliphatic heterocycles. The topological polar surface area (TPSA) is 44.5 Å². The van der Waals surface area contributed by atoms with Gasteiger partial charge >= 0.3 is 0 Å². The van der Waals surface area contributed by atoms with Crippen molar-refractivity contribution >= 4 is 0 Å². The van der Waals surface area contributed by atoms with Crippen molar-refractivity contribution in [3.05, 3.63) is 35.4 Å². The SMILES string of the molecule is C[C@]12C[C@H](CN)O[C@H](Cc3ccccc31)O2. The van der Waals surface area contributed by atoms with Gasteiger partial charge in [0, 0.05) is 19.4 Å². The van der Waals surface area contributed by atoms with E-state index in [-0.39, 0.29) is 18.0 Å². The van der Waals surface area contributed by atoms with Gasteiger partial charge in [-0.05, 0) is 18.1 Å². The summed E-state index contributed by atoms with van der Waals surface area (Å²) in [5.74, 6) is 0. The van der Waals surface area contributed by atoms with Gasteiger partial charge in [-0.3, -0.25) is 0 Å². The molecule has 0 aliphatic carbocycles. The molecule has 3 nitrogen and oxygen atoms in total. The second kappa shape index (κ2) is 3.55. The van der Waals surface area contributed by atoms with Crippen molar-refractivity contribution in [2.45, 2.75) is 37.8 Å². The van der Waals surface area contributed by atoms with Crippen LogP contribution in [0.5, 0.6) is 0 Å². The Bertz CT molecular complexity index is 407. The molecule has 3 rings (SSSR count). The van der Waals surface area contributed by atoms with Gasteiger partial charge in [-0.1, -0.05) is 24.3 Å². The van der Waals surface area contributed by atoms with E-state index in [4.69, 9.17) is 15.2 Å². The minimum atomic E-state index is -0.220. The van der Waals surface area contributed by atoms with E-state index >= 15 is 0 Å². The molecule has 2 bridgehead atoms. The van der Waals surface area contributed by atoms with Gasteiger partial charge < -0.3 is 15.2 Å². The standard InChI is InChI=1S/C13H17NO2/c1-13-7-10(8-14)15-12(16-13)6-9-4-2-3-5-11(9)13/h2-5,10,12H,6-8,14H2,1H3/t10-,12+,13+/m1/s1. The lowest BCUT2D eigenvalue weighted by Gasteiger charge is -2.47. The third-order valence-corrected chi connectivity index (χ3v) is 3.59. The molecule has 0 saturated carbocycles. The molecule has 1 saturated heterocycles. The summed E-state index contributed by atoms with van der Waals surface area (Å²) in [6, 6.07) is 8.46. The van der Waals surface area contributed by atoms with Gasteiger partial charge in [0.25, 0.3) is 0 Å². The Kier molecular flexibility index (Phi) is 2.28. The fourth-order valence-electron chi connectivity index (χ4n) is 2.86. The van der Waals surface area contributed by atoms with Crippen LogP contribution in [0.4, 0.5) is 0 Å². The zero-order chi connectivity index (χ0) is 11.2. The predicted octanol–water partition coefficient (Wildman–Crippen LogP) is 1.55. The first-order valence-electron chi connectivity index (χ1n) is 5.83. The first kappa shape index (κ1) is 10.3. The van der Waals surface area contributed by atoms with Crippen LogP contribution in [0, 0.1) is 0 Å². The number of hydrogen-bond acceptors (Lipinski definition) is 3. The van der Waals surface area contributed by atoms with Crippen LogP contribution < -0.4 is 5.73 Å². The minimum Gasteiger partial charge on any atom is -0.348 e. The highest BCUT2D eigenvalue weighted by Crippen LogP contribution is 2.43. The molecule has 1 fully saturated rings. The van der Waals surface area contributed by atoms with Gasteiger partial charge in [-0.25, -0.2) is 0 Å². The molecule has 0 amide bonds. The Hall–Kier alpha value is -0.900. The van der Waals surface area contributed by atoms with Gasteiger partial charge in [0.1, 0.15) is 0 Å². The molecule has 86 valence electrons. The Morgan fingerprint density at radius 2 is 2.25 bits per heavy atom. The smallest absolute Gasteiger partial charge is 0.163 e. The van der Waals surface area contributed by atoms with Crippen molar-refractivity contribution in [1.29, 1.82) is 0 Å². The van der Waals surface area contributed by atoms with Gasteiger partial charge in [0.2, 0.25) is 0 Å². The van der Waals surface area contributed by atoms with E-state index in [1.807, 2.05) is 0 Å². The summed E-state index contributed by atoms with van der Waals surface area (Å²) >= 11 is 0. The van der Waals surface area contributed by atoms with Crippen molar-refractivity contribution in [2.24, 2.45) is 5.73 Å². The molecule has 0 unspecified atom stereocenters. The minimum absolute atomic E-state index is 0.122. The summed E-state index contributed by atoms with van der Waals surface area (Å²) in [7, 11) is 0. The molecule has 2 heterocycles. The zero-order valence-electron chi connectivity index (χ0n) is 9.48. The number of hydrogen-bond donors (Lipinski definition) is 1. The lowest BCUT2D eigenvalue weighted by Crippen LogP contribution is -2.50. The van der Waals surface area contributed by atoms with Crippen molar-refractivity contribution in [2.75, 3.05) is 6.54 Å². The Labute approximate surface area is 95.5 Å². The molecule has 2 aliphatic rings. The van der Waals surface area contributed by atoms with Gasteiger partial charge in [0.15, 0.2) is 6.29 Å². The first-order chi connectivity index (χ1) is 7.71. The highest BCUT2D eigenvalue weighted by atomic mass is 16.7. The molecular formula is C13H17NO2. The van der Waals surface area contributed by atoms with Crippen LogP contribution in [0.25, 0.3) is 0 Å². The maximum Gasteiger partial charge on any atom is 0.163 e. The van der Waals surface area contributed by atoms with E-state index in [0.29, 0.717) is 6.54 Å². The fourth-order valence-corrected chi connectivity index (χ4v) is 2.86. The van der Waals surface area contributed by atoms with E-state index in [2.05, 4.69) is 31.2 Å². The van der Waals surface area contributed by atoms with Crippen LogP contribution in [0.3, 0.4) is 0 Å². The summed E-state index contributed by atoms with van der Waals surface area (Å²) in [5, 5.41) is 0. The van der Waals surface area contributed by atoms with E-state index in [0.717, 1.165) is 12.8 Å². The predicted molar refractivity (Wildman–Crippen MR) is 60.9 cm³/mol. The highest BCUT2D eigenvalue weighted by Gasteiger charge is 2.44. The number of fused-ring (bicyclic) bond motifs is 4. The summed E-state index contributed by atoms with van der Waals surface area (Å²) < 4.78 is 11.8. The van der Waals surface area contributed by atoms with Crippen LogP contribution >= 0.6 is 0 Å². The number of nitrogens with two attached hydrogens (primary N) is 1. The molecule has 1 aromatic carbocycles. The Morgan fingerprint density at radius 1 is 1.44 bits per heavy atom. The second-order valence-corrected chi connectivity index (χ2v) is 4.84. The third-order valence-electron chi connectivity index (χ3n) is 3.59. The van der Waals surface area contributed by atoms with Crippen LogP contribution in [0.1, 0.15) is 24.5 Å². The molecule has 2 N–H and O–H groups in total. The molecular weight excluding hydrogens is 202 g/mol. The average Bonchev–Trinajstić information content (AvgIpc) is 2.28. The molecule has 3 atom stereocenters. The van der Waals surface area contributed by atoms with E-state index in [9.17, 15) is 0 Å². The third kappa shape index (κ3) is 1.47. The highest BCUT2D eigenvalue weighted by molar-refractivity contribution is 5.35. The van der Waals surface area contributed by atoms with Crippen LogP contribution in [-0.4, -0.2) is 18.9 Å². The average molecular weight is 219 g/mol. The van der Waals surface area contributed by atoms with E-state index in [1.54, 1.807) is 0 Å². The van der Waals surface area contributed by atoms with Gasteiger partial charge in [0.05, 0.1) is 11.7 Å². The second-order valence-electron chi connectivity index (χ2n) is 4.84. The fraction of sp³-hybridized carbons (Fsp3) is 0.538. The summed E-state index contributed by atoms with van der Waals surface area (Å²) in [5.41, 5.74) is 8.13. The van der Waals surface area contributed by atoms with Crippen LogP contribution in [0.2, 0.25) is 0 Å². The van der Waals surface area contributed by atoms with Gasteiger partial charge in [-0.15, -0.1) is 0 Å². The summed E-state index contributed by atoms with van der Waals surface area (Å²) in [6.07, 6.45) is 1.68. The molecule has 1 aromatic rings. The number of ether oxygens (including phenoxy) is 2. The molecule has 0 radical (unpaired) electrons. The molecule has 16 heavy (non-hydrogen) atoms.